The number of nitrogens with zero attached hydrogens (tertiary/aromatic N) is 3. The van der Waals surface area contributed by atoms with E-state index >= 15 is 0 Å². The molecule has 0 aliphatic heterocycles. The van der Waals surface area contributed by atoms with Gasteiger partial charge in [-0.25, -0.2) is 0 Å². The van der Waals surface area contributed by atoms with Crippen LogP contribution >= 0.6 is 0 Å². The van der Waals surface area contributed by atoms with Crippen LogP contribution in [0.5, 0.6) is 5.75 Å². The molecule has 0 radical (unpaired) electrons. The van der Waals surface area contributed by atoms with E-state index in [0.717, 1.165) is 27.8 Å². The van der Waals surface area contributed by atoms with Crippen molar-refractivity contribution < 1.29 is 10.0 Å². The Kier molecular flexibility index (Phi) is 8.22. The lowest BCUT2D eigenvalue weighted by Gasteiger charge is -2.32. The monoisotopic (exact) mass is 569 g/mol. The Morgan fingerprint density at radius 2 is 1.16 bits per heavy atom. The molecule has 0 aliphatic carbocycles. The smallest absolute Gasteiger partial charge is 0.297 e. The number of hydrogen-bond acceptors (Lipinski definition) is 5. The molecular formula is C37H35N3O3. The van der Waals surface area contributed by atoms with Crippen LogP contribution < -0.4 is 0 Å². The molecule has 5 rings (SSSR count). The second-order valence-corrected chi connectivity index (χ2v) is 11.8. The third-order valence-corrected chi connectivity index (χ3v) is 8.23. The first-order valence-electron chi connectivity index (χ1n) is 14.3. The fourth-order valence-electron chi connectivity index (χ4n) is 5.41. The van der Waals surface area contributed by atoms with Gasteiger partial charge >= 0.3 is 0 Å². The van der Waals surface area contributed by atoms with Crippen molar-refractivity contribution in [2.24, 2.45) is 10.2 Å². The van der Waals surface area contributed by atoms with E-state index < -0.39 is 15.8 Å². The molecule has 0 amide bonds. The minimum absolute atomic E-state index is 0.00596. The Hall–Kier alpha value is -5.10. The highest BCUT2D eigenvalue weighted by Crippen LogP contribution is 2.46. The van der Waals surface area contributed by atoms with E-state index in [9.17, 15) is 15.2 Å². The summed E-state index contributed by atoms with van der Waals surface area (Å²) in [5.74, 6) is -0.00596. The molecule has 0 aliphatic rings. The molecule has 43 heavy (non-hydrogen) atoms. The molecule has 0 aromatic heterocycles. The quantitative estimate of drug-likeness (QED) is 0.109. The fourth-order valence-corrected chi connectivity index (χ4v) is 5.41. The van der Waals surface area contributed by atoms with Gasteiger partial charge in [-0.15, -0.1) is 10.2 Å². The highest BCUT2D eigenvalue weighted by Gasteiger charge is 2.32. The third kappa shape index (κ3) is 6.24. The normalized spacial score (nSPS) is 12.0. The summed E-state index contributed by atoms with van der Waals surface area (Å²) in [5.41, 5.74) is 4.89. The van der Waals surface area contributed by atoms with Crippen molar-refractivity contribution in [3.05, 3.63) is 165 Å². The van der Waals surface area contributed by atoms with Crippen LogP contribution in [0, 0.1) is 10.1 Å². The number of azo groups is 1. The van der Waals surface area contributed by atoms with Gasteiger partial charge in [0.15, 0.2) is 5.69 Å². The predicted molar refractivity (Wildman–Crippen MR) is 172 cm³/mol. The molecule has 0 unspecified atom stereocenters. The lowest BCUT2D eigenvalue weighted by molar-refractivity contribution is -0.384. The number of hydrogen-bond donors (Lipinski definition) is 1. The number of aromatic hydroxyl groups is 1. The highest BCUT2D eigenvalue weighted by molar-refractivity contribution is 5.64. The second kappa shape index (κ2) is 12.0. The maximum Gasteiger partial charge on any atom is 0.297 e. The minimum atomic E-state index is -0.566. The molecule has 216 valence electrons. The van der Waals surface area contributed by atoms with Gasteiger partial charge in [-0.1, -0.05) is 131 Å². The van der Waals surface area contributed by atoms with E-state index in [1.54, 1.807) is 12.1 Å². The van der Waals surface area contributed by atoms with Crippen molar-refractivity contribution in [1.82, 2.24) is 0 Å². The van der Waals surface area contributed by atoms with Crippen molar-refractivity contribution >= 4 is 17.1 Å². The first-order valence-corrected chi connectivity index (χ1v) is 14.3. The summed E-state index contributed by atoms with van der Waals surface area (Å²) in [4.78, 5) is 11.6. The summed E-state index contributed by atoms with van der Waals surface area (Å²) >= 11 is 0. The molecule has 0 bridgehead atoms. The highest BCUT2D eigenvalue weighted by atomic mass is 16.6. The largest absolute Gasteiger partial charge is 0.505 e. The summed E-state index contributed by atoms with van der Waals surface area (Å²) in [6.07, 6.45) is 0.564. The zero-order valence-corrected chi connectivity index (χ0v) is 24.9. The third-order valence-electron chi connectivity index (χ3n) is 8.23. The lowest BCUT2D eigenvalue weighted by Crippen LogP contribution is -2.23. The van der Waals surface area contributed by atoms with Crippen LogP contribution in [0.25, 0.3) is 0 Å². The van der Waals surface area contributed by atoms with E-state index in [4.69, 9.17) is 0 Å². The summed E-state index contributed by atoms with van der Waals surface area (Å²) in [6, 6.07) is 38.8. The Balaban J connectivity index is 1.61. The Labute approximate surface area is 252 Å². The van der Waals surface area contributed by atoms with Crippen LogP contribution in [0.15, 0.2) is 132 Å². The molecule has 1 N–H and O–H groups in total. The van der Waals surface area contributed by atoms with Crippen LogP contribution in [0.2, 0.25) is 0 Å². The Morgan fingerprint density at radius 3 is 1.74 bits per heavy atom. The Morgan fingerprint density at radius 1 is 0.628 bits per heavy atom. The first kappa shape index (κ1) is 29.4. The molecule has 0 saturated heterocycles. The first-order chi connectivity index (χ1) is 20.6. The van der Waals surface area contributed by atoms with Gasteiger partial charge in [0.1, 0.15) is 11.4 Å². The van der Waals surface area contributed by atoms with Gasteiger partial charge in [-0.3, -0.25) is 10.1 Å². The molecule has 0 saturated carbocycles. The number of phenolic OH excluding ortho intramolecular Hbond substituents is 1. The van der Waals surface area contributed by atoms with Gasteiger partial charge in [-0.2, -0.15) is 0 Å². The summed E-state index contributed by atoms with van der Waals surface area (Å²) in [5, 5.41) is 32.4. The van der Waals surface area contributed by atoms with E-state index in [1.165, 1.54) is 0 Å². The second-order valence-electron chi connectivity index (χ2n) is 11.8. The summed E-state index contributed by atoms with van der Waals surface area (Å²) in [7, 11) is 0. The van der Waals surface area contributed by atoms with Crippen LogP contribution in [0.4, 0.5) is 17.1 Å². The molecule has 0 heterocycles. The van der Waals surface area contributed by atoms with E-state index in [1.807, 2.05) is 97.1 Å². The van der Waals surface area contributed by atoms with Gasteiger partial charge in [0, 0.05) is 22.5 Å². The molecular weight excluding hydrogens is 534 g/mol. The topological polar surface area (TPSA) is 88.1 Å². The molecule has 5 aromatic rings. The predicted octanol–water partition coefficient (Wildman–Crippen LogP) is 9.96. The van der Waals surface area contributed by atoms with Gasteiger partial charge in [-0.05, 0) is 46.4 Å². The molecule has 0 fully saturated rings. The van der Waals surface area contributed by atoms with Gasteiger partial charge < -0.3 is 5.11 Å². The van der Waals surface area contributed by atoms with Crippen LogP contribution in [0.1, 0.15) is 61.1 Å². The number of benzene rings is 5. The zero-order valence-electron chi connectivity index (χ0n) is 24.9. The molecule has 0 spiro atoms. The Bertz CT molecular complexity index is 1760. The minimum Gasteiger partial charge on any atom is -0.505 e. The lowest BCUT2D eigenvalue weighted by atomic mass is 9.72. The van der Waals surface area contributed by atoms with Crippen molar-refractivity contribution in [3.63, 3.8) is 0 Å². The van der Waals surface area contributed by atoms with E-state index in [0.29, 0.717) is 12.0 Å². The number of nitro benzene ring substituents is 1. The van der Waals surface area contributed by atoms with E-state index in [-0.39, 0.29) is 22.8 Å². The fraction of sp³-hybridized carbons (Fsp3) is 0.189. The van der Waals surface area contributed by atoms with Crippen molar-refractivity contribution in [2.45, 2.75) is 44.9 Å². The van der Waals surface area contributed by atoms with Gasteiger partial charge in [0.05, 0.1) is 4.92 Å². The van der Waals surface area contributed by atoms with Gasteiger partial charge in [0.2, 0.25) is 0 Å². The van der Waals surface area contributed by atoms with Crippen molar-refractivity contribution in [1.29, 1.82) is 0 Å². The zero-order chi connectivity index (χ0) is 30.6. The summed E-state index contributed by atoms with van der Waals surface area (Å²) in [6.45, 7) is 8.39. The number of phenols is 1. The molecule has 6 nitrogen and oxygen atoms in total. The maximum atomic E-state index is 12.0. The van der Waals surface area contributed by atoms with Gasteiger partial charge in [0.25, 0.3) is 5.69 Å². The molecule has 6 heteroatoms. The molecule has 0 atom stereocenters. The van der Waals surface area contributed by atoms with E-state index in [2.05, 4.69) is 50.1 Å². The average Bonchev–Trinajstić information content (AvgIpc) is 3.02. The van der Waals surface area contributed by atoms with Crippen molar-refractivity contribution in [2.75, 3.05) is 0 Å². The standard InChI is InChI=1S/C37H35N3O3/c1-36(2,28-16-10-6-11-17-28)30-24-31(37(3,4)29-18-12-7-13-19-29)35(41)33(25-30)39-38-32-21-20-27(23-34(32)40(42)43)22-26-14-8-5-9-15-26/h5-21,23-25,41H,22H2,1-4H3. The van der Waals surface area contributed by atoms with Crippen molar-refractivity contribution in [3.8, 4) is 5.75 Å². The van der Waals surface area contributed by atoms with Crippen LogP contribution in [0.3, 0.4) is 0 Å². The maximum absolute atomic E-state index is 12.0. The average molecular weight is 570 g/mol. The van der Waals surface area contributed by atoms with Crippen LogP contribution in [-0.2, 0) is 17.3 Å². The molecule has 5 aromatic carbocycles. The number of nitro groups is 1. The number of rotatable bonds is 9. The van der Waals surface area contributed by atoms with Crippen LogP contribution in [-0.4, -0.2) is 10.0 Å². The summed E-state index contributed by atoms with van der Waals surface area (Å²) < 4.78 is 0. The SMILES string of the molecule is CC(C)(c1ccccc1)c1cc(N=Nc2ccc(Cc3ccccc3)cc2[N+](=O)[O-])c(O)c(C(C)(C)c2ccccc2)c1.